The van der Waals surface area contributed by atoms with Gasteiger partial charge in [0.25, 0.3) is 0 Å². The van der Waals surface area contributed by atoms with E-state index in [4.69, 9.17) is 19.4 Å². The highest BCUT2D eigenvalue weighted by molar-refractivity contribution is 5.83. The number of hydrogen-bond acceptors (Lipinski definition) is 6. The number of aromatic nitrogens is 1. The predicted octanol–water partition coefficient (Wildman–Crippen LogP) is 3.27. The number of carbonyl (C=O) groups is 2. The molecule has 1 saturated carbocycles. The Morgan fingerprint density at radius 2 is 1.75 bits per heavy atom. The lowest BCUT2D eigenvalue weighted by Crippen LogP contribution is -2.65. The van der Waals surface area contributed by atoms with Gasteiger partial charge >= 0.3 is 5.97 Å². The molecule has 4 aliphatic rings. The number of rotatable bonds is 7. The number of quaternary nitrogens is 1. The molecule has 1 aromatic carbocycles. The second-order valence-corrected chi connectivity index (χ2v) is 10.5. The molecule has 7 nitrogen and oxygen atoms in total. The van der Waals surface area contributed by atoms with Crippen LogP contribution in [0.15, 0.2) is 54.9 Å². The monoisotopic (exact) mass is 494 g/mol. The molecule has 0 spiro atoms. The van der Waals surface area contributed by atoms with Crippen LogP contribution in [-0.2, 0) is 19.7 Å². The fraction of sp³-hybridized carbons (Fsp3) is 0.552. The van der Waals surface area contributed by atoms with E-state index in [2.05, 4.69) is 29.2 Å². The SMILES string of the molecule is O=C(O[C@H]1C[N+]2(CCOc3cccnc3)CCC1CC2)C1(c2ccccc2)CCCCCC1.O=C[O-]. The number of piperidine rings is 3. The second kappa shape index (κ2) is 12.3. The molecule has 1 aromatic heterocycles. The summed E-state index contributed by atoms with van der Waals surface area (Å²) in [5.41, 5.74) is 0.671. The molecule has 0 N–H and O–H groups in total. The van der Waals surface area contributed by atoms with Gasteiger partial charge in [0.1, 0.15) is 25.4 Å². The third kappa shape index (κ3) is 6.06. The zero-order valence-electron chi connectivity index (χ0n) is 21.1. The molecule has 1 atom stereocenters. The minimum Gasteiger partial charge on any atom is -0.554 e. The molecular formula is C29H38N2O5. The van der Waals surface area contributed by atoms with E-state index in [-0.39, 0.29) is 12.1 Å². The second-order valence-electron chi connectivity index (χ2n) is 10.5. The molecular weight excluding hydrogens is 456 g/mol. The Morgan fingerprint density at radius 3 is 2.39 bits per heavy atom. The summed E-state index contributed by atoms with van der Waals surface area (Å²) in [6.07, 6.45) is 12.3. The number of benzene rings is 1. The van der Waals surface area contributed by atoms with Crippen molar-refractivity contribution < 1.29 is 28.7 Å². The van der Waals surface area contributed by atoms with E-state index in [1.54, 1.807) is 12.4 Å². The molecule has 3 aliphatic heterocycles. The molecule has 4 fully saturated rings. The third-order valence-electron chi connectivity index (χ3n) is 8.44. The fourth-order valence-electron chi connectivity index (χ4n) is 6.41. The first-order chi connectivity index (χ1) is 17.6. The first-order valence-corrected chi connectivity index (χ1v) is 13.3. The van der Waals surface area contributed by atoms with Crippen LogP contribution in [-0.4, -0.2) is 60.8 Å². The van der Waals surface area contributed by atoms with Gasteiger partial charge in [0.15, 0.2) is 6.10 Å². The van der Waals surface area contributed by atoms with Crippen molar-refractivity contribution in [3.63, 3.8) is 0 Å². The fourth-order valence-corrected chi connectivity index (χ4v) is 6.41. The Hall–Kier alpha value is -2.93. The number of pyridine rings is 1. The maximum absolute atomic E-state index is 13.9. The van der Waals surface area contributed by atoms with Crippen molar-refractivity contribution in [2.45, 2.75) is 62.9 Å². The number of hydrogen-bond donors (Lipinski definition) is 0. The van der Waals surface area contributed by atoms with Crippen LogP contribution in [0.3, 0.4) is 0 Å². The lowest BCUT2D eigenvalue weighted by molar-refractivity contribution is -0.946. The maximum Gasteiger partial charge on any atom is 0.317 e. The van der Waals surface area contributed by atoms with E-state index in [9.17, 15) is 4.79 Å². The summed E-state index contributed by atoms with van der Waals surface area (Å²) in [6, 6.07) is 14.3. The van der Waals surface area contributed by atoms with E-state index in [0.717, 1.165) is 67.4 Å². The Morgan fingerprint density at radius 1 is 1.06 bits per heavy atom. The lowest BCUT2D eigenvalue weighted by atomic mass is 9.74. The minimum atomic E-state index is -0.500. The van der Waals surface area contributed by atoms with Gasteiger partial charge in [-0.3, -0.25) is 9.78 Å². The average Bonchev–Trinajstić information content (AvgIpc) is 3.18. The molecule has 36 heavy (non-hydrogen) atoms. The summed E-state index contributed by atoms with van der Waals surface area (Å²) in [4.78, 5) is 26.2. The summed E-state index contributed by atoms with van der Waals surface area (Å²) in [5.74, 6) is 1.36. The van der Waals surface area contributed by atoms with Crippen molar-refractivity contribution in [3.8, 4) is 5.75 Å². The topological polar surface area (TPSA) is 88.6 Å². The molecule has 0 radical (unpaired) electrons. The van der Waals surface area contributed by atoms with Crippen LogP contribution in [0.1, 0.15) is 56.9 Å². The largest absolute Gasteiger partial charge is 0.554 e. The number of ether oxygens (including phenoxy) is 2. The number of nitrogens with zero attached hydrogens (tertiary/aromatic N) is 2. The molecule has 1 aliphatic carbocycles. The van der Waals surface area contributed by atoms with Gasteiger partial charge in [0, 0.05) is 31.4 Å². The van der Waals surface area contributed by atoms with Crippen molar-refractivity contribution in [2.75, 3.05) is 32.8 Å². The molecule has 2 aromatic rings. The highest BCUT2D eigenvalue weighted by Gasteiger charge is 2.50. The zero-order valence-corrected chi connectivity index (χ0v) is 21.1. The Bertz CT molecular complexity index is 952. The van der Waals surface area contributed by atoms with Crippen molar-refractivity contribution in [1.82, 2.24) is 4.98 Å². The van der Waals surface area contributed by atoms with Crippen molar-refractivity contribution >= 4 is 12.4 Å². The van der Waals surface area contributed by atoms with E-state index < -0.39 is 11.9 Å². The Labute approximate surface area is 214 Å². The van der Waals surface area contributed by atoms with E-state index in [0.29, 0.717) is 12.5 Å². The van der Waals surface area contributed by atoms with Crippen LogP contribution < -0.4 is 9.84 Å². The van der Waals surface area contributed by atoms with Crippen molar-refractivity contribution in [2.24, 2.45) is 5.92 Å². The van der Waals surface area contributed by atoms with Crippen LogP contribution in [0.4, 0.5) is 0 Å². The number of fused-ring (bicyclic) bond motifs is 3. The van der Waals surface area contributed by atoms with Gasteiger partial charge in [-0.05, 0) is 30.5 Å². The van der Waals surface area contributed by atoms with E-state index >= 15 is 0 Å². The first kappa shape index (κ1) is 26.1. The summed E-state index contributed by atoms with van der Waals surface area (Å²) in [6.45, 7) is 4.39. The van der Waals surface area contributed by atoms with Crippen LogP contribution >= 0.6 is 0 Å². The van der Waals surface area contributed by atoms with Gasteiger partial charge in [0.05, 0.1) is 24.7 Å². The molecule has 0 unspecified atom stereocenters. The van der Waals surface area contributed by atoms with Crippen LogP contribution in [0.25, 0.3) is 0 Å². The summed E-state index contributed by atoms with van der Waals surface area (Å²) in [7, 11) is 0. The average molecular weight is 495 g/mol. The number of esters is 1. The molecule has 2 bridgehead atoms. The number of carbonyl (C=O) groups excluding carboxylic acids is 2. The molecule has 7 heteroatoms. The number of carboxylic acid groups (broad SMARTS) is 1. The van der Waals surface area contributed by atoms with Gasteiger partial charge in [-0.1, -0.05) is 56.0 Å². The Balaban J connectivity index is 0.000000967. The molecule has 6 rings (SSSR count). The highest BCUT2D eigenvalue weighted by Crippen LogP contribution is 2.42. The first-order valence-electron chi connectivity index (χ1n) is 13.3. The van der Waals surface area contributed by atoms with Gasteiger partial charge in [0.2, 0.25) is 0 Å². The van der Waals surface area contributed by atoms with E-state index in [1.165, 1.54) is 25.9 Å². The summed E-state index contributed by atoms with van der Waals surface area (Å²) in [5, 5.41) is 8.25. The molecule has 194 valence electrons. The lowest BCUT2D eigenvalue weighted by Gasteiger charge is -2.52. The van der Waals surface area contributed by atoms with Crippen LogP contribution in [0.2, 0.25) is 0 Å². The van der Waals surface area contributed by atoms with Gasteiger partial charge in [-0.25, -0.2) is 0 Å². The summed E-state index contributed by atoms with van der Waals surface area (Å²) < 4.78 is 13.4. The van der Waals surface area contributed by atoms with Gasteiger partial charge < -0.3 is 23.9 Å². The van der Waals surface area contributed by atoms with Gasteiger partial charge in [-0.2, -0.15) is 0 Å². The normalized spacial score (nSPS) is 26.6. The molecule has 0 amide bonds. The van der Waals surface area contributed by atoms with Gasteiger partial charge in [-0.15, -0.1) is 0 Å². The maximum atomic E-state index is 13.9. The summed E-state index contributed by atoms with van der Waals surface area (Å²) >= 11 is 0. The van der Waals surface area contributed by atoms with Crippen molar-refractivity contribution in [3.05, 3.63) is 60.4 Å². The molecule has 4 heterocycles. The van der Waals surface area contributed by atoms with Crippen LogP contribution in [0.5, 0.6) is 5.75 Å². The standard InChI is InChI=1S/C28H37N2O3.CH2O2/c31-27(28(14-6-1-2-7-15-28)24-9-4-3-5-10-24)33-26-22-30(17-12-23(26)13-18-30)19-20-32-25-11-8-16-29-21-25;2-1-3/h3-5,8-11,16,21,23,26H,1-2,6-7,12-15,17-20,22H2;1H,(H,2,3)/q+1;/p-1/t23?,26-,30?;/m0./s1. The predicted molar refractivity (Wildman–Crippen MR) is 134 cm³/mol. The smallest absolute Gasteiger partial charge is 0.317 e. The minimum absolute atomic E-state index is 0.0270. The quantitative estimate of drug-likeness (QED) is 0.254. The third-order valence-corrected chi connectivity index (χ3v) is 8.44. The molecule has 3 saturated heterocycles. The Kier molecular flexibility index (Phi) is 8.97. The zero-order chi connectivity index (χ0) is 25.3. The van der Waals surface area contributed by atoms with Crippen molar-refractivity contribution in [1.29, 1.82) is 0 Å². The van der Waals surface area contributed by atoms with E-state index in [1.807, 2.05) is 18.2 Å². The highest BCUT2D eigenvalue weighted by atomic mass is 16.5. The van der Waals surface area contributed by atoms with Crippen LogP contribution in [0, 0.1) is 5.92 Å².